The molecule has 0 aliphatic carbocycles. The number of hydrogen-bond donors (Lipinski definition) is 1. The van der Waals surface area contributed by atoms with E-state index in [4.69, 9.17) is 4.74 Å². The van der Waals surface area contributed by atoms with Crippen LogP contribution in [0.5, 0.6) is 5.75 Å². The number of ether oxygens (including phenoxy) is 1. The Hall–Kier alpha value is -2.09. The lowest BCUT2D eigenvalue weighted by molar-refractivity contribution is -0.125. The standard InChI is InChI=1S/C17H22N2O5S/c1-12-16(21)19(13-5-3-4-6-14(13)24-12)9-7-15(20)18-17(2)8-10-25(22,23)11-17/h3-6,12H,7-11H2,1-2H3,(H,18,20)/t12-,17-/m1/s1. The second kappa shape index (κ2) is 6.33. The van der Waals surface area contributed by atoms with Crippen molar-refractivity contribution in [2.75, 3.05) is 23.0 Å². The molecular formula is C17H22N2O5S. The Kier molecular flexibility index (Phi) is 4.49. The van der Waals surface area contributed by atoms with Crippen LogP contribution in [0.1, 0.15) is 26.7 Å². The molecule has 1 aromatic rings. The Morgan fingerprint density at radius 3 is 2.80 bits per heavy atom. The minimum absolute atomic E-state index is 0.0396. The third kappa shape index (κ3) is 3.78. The number of para-hydroxylation sites is 2. The van der Waals surface area contributed by atoms with Gasteiger partial charge in [-0.05, 0) is 32.4 Å². The Labute approximate surface area is 147 Å². The van der Waals surface area contributed by atoms with Crippen LogP contribution in [0, 0.1) is 0 Å². The SMILES string of the molecule is C[C@H]1Oc2ccccc2N(CCC(=O)N[C@]2(C)CCS(=O)(=O)C2)C1=O. The first-order valence-electron chi connectivity index (χ1n) is 8.28. The van der Waals surface area contributed by atoms with Crippen LogP contribution in [-0.4, -0.2) is 49.9 Å². The summed E-state index contributed by atoms with van der Waals surface area (Å²) in [6.45, 7) is 3.64. The molecule has 8 heteroatoms. The molecule has 7 nitrogen and oxygen atoms in total. The van der Waals surface area contributed by atoms with E-state index in [1.165, 1.54) is 0 Å². The van der Waals surface area contributed by atoms with Gasteiger partial charge in [0.15, 0.2) is 15.9 Å². The lowest BCUT2D eigenvalue weighted by Crippen LogP contribution is -2.49. The topological polar surface area (TPSA) is 92.8 Å². The number of nitrogens with one attached hydrogen (secondary N) is 1. The summed E-state index contributed by atoms with van der Waals surface area (Å²) in [5.41, 5.74) is -0.0797. The quantitative estimate of drug-likeness (QED) is 0.854. The maximum Gasteiger partial charge on any atom is 0.267 e. The molecule has 0 radical (unpaired) electrons. The number of sulfone groups is 1. The number of rotatable bonds is 4. The number of carbonyl (C=O) groups excluding carboxylic acids is 2. The molecule has 2 heterocycles. The van der Waals surface area contributed by atoms with E-state index in [0.29, 0.717) is 17.9 Å². The van der Waals surface area contributed by atoms with Crippen LogP contribution in [0.4, 0.5) is 5.69 Å². The van der Waals surface area contributed by atoms with Gasteiger partial charge in [0.05, 0.1) is 22.7 Å². The molecule has 3 rings (SSSR count). The number of anilines is 1. The van der Waals surface area contributed by atoms with Crippen molar-refractivity contribution in [2.24, 2.45) is 0 Å². The normalized spacial score (nSPS) is 27.5. The van der Waals surface area contributed by atoms with Crippen molar-refractivity contribution in [3.8, 4) is 5.75 Å². The zero-order valence-corrected chi connectivity index (χ0v) is 15.1. The molecule has 1 saturated heterocycles. The maximum absolute atomic E-state index is 12.4. The van der Waals surface area contributed by atoms with E-state index in [0.717, 1.165) is 0 Å². The molecule has 0 aromatic heterocycles. The van der Waals surface area contributed by atoms with Gasteiger partial charge in [-0.25, -0.2) is 8.42 Å². The summed E-state index contributed by atoms with van der Waals surface area (Å²) >= 11 is 0. The number of nitrogens with zero attached hydrogens (tertiary/aromatic N) is 1. The van der Waals surface area contributed by atoms with Crippen molar-refractivity contribution >= 4 is 27.3 Å². The van der Waals surface area contributed by atoms with Gasteiger partial charge in [-0.1, -0.05) is 12.1 Å². The molecule has 136 valence electrons. The summed E-state index contributed by atoms with van der Waals surface area (Å²) in [4.78, 5) is 26.2. The highest BCUT2D eigenvalue weighted by Gasteiger charge is 2.39. The molecule has 2 atom stereocenters. The fourth-order valence-electron chi connectivity index (χ4n) is 3.31. The van der Waals surface area contributed by atoms with E-state index in [-0.39, 0.29) is 36.3 Å². The monoisotopic (exact) mass is 366 g/mol. The van der Waals surface area contributed by atoms with Gasteiger partial charge in [0.1, 0.15) is 5.75 Å². The van der Waals surface area contributed by atoms with Crippen LogP contribution in [-0.2, 0) is 19.4 Å². The molecule has 0 saturated carbocycles. The molecule has 2 aliphatic heterocycles. The minimum atomic E-state index is -3.09. The first-order chi connectivity index (χ1) is 11.7. The highest BCUT2D eigenvalue weighted by Crippen LogP contribution is 2.33. The Bertz CT molecular complexity index is 807. The Morgan fingerprint density at radius 1 is 1.40 bits per heavy atom. The summed E-state index contributed by atoms with van der Waals surface area (Å²) in [6, 6.07) is 7.20. The van der Waals surface area contributed by atoms with Crippen LogP contribution < -0.4 is 15.0 Å². The largest absolute Gasteiger partial charge is 0.479 e. The van der Waals surface area contributed by atoms with Crippen molar-refractivity contribution in [1.29, 1.82) is 0 Å². The summed E-state index contributed by atoms with van der Waals surface area (Å²) in [5, 5.41) is 2.81. The van der Waals surface area contributed by atoms with E-state index in [2.05, 4.69) is 5.32 Å². The van der Waals surface area contributed by atoms with Gasteiger partial charge in [0.25, 0.3) is 5.91 Å². The molecule has 0 bridgehead atoms. The maximum atomic E-state index is 12.4. The lowest BCUT2D eigenvalue weighted by Gasteiger charge is -2.33. The predicted molar refractivity (Wildman–Crippen MR) is 93.3 cm³/mol. The van der Waals surface area contributed by atoms with Gasteiger partial charge in [0, 0.05) is 13.0 Å². The summed E-state index contributed by atoms with van der Waals surface area (Å²) in [6.07, 6.45) is -0.0877. The Morgan fingerprint density at radius 2 is 2.12 bits per heavy atom. The van der Waals surface area contributed by atoms with Crippen LogP contribution in [0.15, 0.2) is 24.3 Å². The van der Waals surface area contributed by atoms with Crippen molar-refractivity contribution in [3.05, 3.63) is 24.3 Å². The Balaban J connectivity index is 1.65. The zero-order valence-electron chi connectivity index (χ0n) is 14.3. The minimum Gasteiger partial charge on any atom is -0.479 e. The first-order valence-corrected chi connectivity index (χ1v) is 10.1. The third-order valence-electron chi connectivity index (χ3n) is 4.58. The lowest BCUT2D eigenvalue weighted by atomic mass is 10.0. The predicted octanol–water partition coefficient (Wildman–Crippen LogP) is 0.884. The second-order valence-corrected chi connectivity index (χ2v) is 9.10. The van der Waals surface area contributed by atoms with Gasteiger partial charge < -0.3 is 15.0 Å². The van der Waals surface area contributed by atoms with Crippen LogP contribution in [0.2, 0.25) is 0 Å². The van der Waals surface area contributed by atoms with Gasteiger partial charge in [0.2, 0.25) is 5.91 Å². The van der Waals surface area contributed by atoms with Crippen molar-refractivity contribution in [2.45, 2.75) is 38.3 Å². The molecule has 1 fully saturated rings. The van der Waals surface area contributed by atoms with Crippen LogP contribution >= 0.6 is 0 Å². The molecule has 1 aromatic carbocycles. The fraction of sp³-hybridized carbons (Fsp3) is 0.529. The van der Waals surface area contributed by atoms with E-state index in [9.17, 15) is 18.0 Å². The molecule has 2 aliphatic rings. The van der Waals surface area contributed by atoms with Gasteiger partial charge in [-0.15, -0.1) is 0 Å². The number of hydrogen-bond acceptors (Lipinski definition) is 5. The summed E-state index contributed by atoms with van der Waals surface area (Å²) in [5.74, 6) is 0.215. The molecular weight excluding hydrogens is 344 g/mol. The second-order valence-electron chi connectivity index (χ2n) is 6.92. The van der Waals surface area contributed by atoms with Crippen LogP contribution in [0.3, 0.4) is 0 Å². The number of amides is 2. The van der Waals surface area contributed by atoms with E-state index in [1.807, 2.05) is 12.1 Å². The van der Waals surface area contributed by atoms with Gasteiger partial charge in [-0.2, -0.15) is 0 Å². The third-order valence-corrected chi connectivity index (χ3v) is 6.48. The molecule has 25 heavy (non-hydrogen) atoms. The van der Waals surface area contributed by atoms with Crippen molar-refractivity contribution < 1.29 is 22.7 Å². The molecule has 0 unspecified atom stereocenters. The highest BCUT2D eigenvalue weighted by molar-refractivity contribution is 7.91. The molecule has 1 N–H and O–H groups in total. The number of fused-ring (bicyclic) bond motifs is 1. The van der Waals surface area contributed by atoms with E-state index in [1.54, 1.807) is 30.9 Å². The first kappa shape index (κ1) is 17.7. The van der Waals surface area contributed by atoms with E-state index >= 15 is 0 Å². The zero-order chi connectivity index (χ0) is 18.2. The summed E-state index contributed by atoms with van der Waals surface area (Å²) in [7, 11) is -3.09. The summed E-state index contributed by atoms with van der Waals surface area (Å²) < 4.78 is 28.8. The van der Waals surface area contributed by atoms with Gasteiger partial charge in [-0.3, -0.25) is 9.59 Å². The van der Waals surface area contributed by atoms with Crippen LogP contribution in [0.25, 0.3) is 0 Å². The molecule has 0 spiro atoms. The van der Waals surface area contributed by atoms with Crippen molar-refractivity contribution in [1.82, 2.24) is 5.32 Å². The average molecular weight is 366 g/mol. The van der Waals surface area contributed by atoms with E-state index < -0.39 is 21.5 Å². The van der Waals surface area contributed by atoms with Gasteiger partial charge >= 0.3 is 0 Å². The molecule has 2 amide bonds. The fourth-order valence-corrected chi connectivity index (χ4v) is 5.40. The number of benzene rings is 1. The average Bonchev–Trinajstić information content (AvgIpc) is 2.81. The smallest absolute Gasteiger partial charge is 0.267 e. The highest BCUT2D eigenvalue weighted by atomic mass is 32.2. The van der Waals surface area contributed by atoms with Crippen molar-refractivity contribution in [3.63, 3.8) is 0 Å². The number of carbonyl (C=O) groups is 2.